The first-order valence-electron chi connectivity index (χ1n) is 10.5. The minimum atomic E-state index is -0.332. The molecule has 0 aliphatic carbocycles. The molecule has 1 N–H and O–H groups in total. The standard InChI is InChI=1S/C22H28N4O4/c1-28-18-9-20-19(29-15-30-20)8-16(18)12-25-6-2-22(3-7-25)10-17(27)13-26(14-22)21-11-23-4-5-24-21/h4-5,8-9,11,17,27H,2-3,6-7,10,12-15H2,1H3. The molecule has 1 aromatic heterocycles. The van der Waals surface area contributed by atoms with Gasteiger partial charge in [-0.25, -0.2) is 4.98 Å². The molecule has 0 saturated carbocycles. The zero-order valence-corrected chi connectivity index (χ0v) is 17.3. The van der Waals surface area contributed by atoms with Gasteiger partial charge in [-0.1, -0.05) is 0 Å². The molecule has 8 nitrogen and oxygen atoms in total. The molecule has 0 radical (unpaired) electrons. The smallest absolute Gasteiger partial charge is 0.231 e. The van der Waals surface area contributed by atoms with Crippen LogP contribution in [0.1, 0.15) is 24.8 Å². The van der Waals surface area contributed by atoms with Gasteiger partial charge >= 0.3 is 0 Å². The zero-order chi connectivity index (χ0) is 20.6. The molecule has 3 aliphatic rings. The number of aromatic nitrogens is 2. The van der Waals surface area contributed by atoms with E-state index < -0.39 is 0 Å². The van der Waals surface area contributed by atoms with Gasteiger partial charge in [0.2, 0.25) is 6.79 Å². The third-order valence-corrected chi connectivity index (χ3v) is 6.59. The Kier molecular flexibility index (Phi) is 5.12. The number of methoxy groups -OCH3 is 1. The SMILES string of the molecule is COc1cc2c(cc1CN1CCC3(CC1)CC(O)CN(c1cnccn1)C3)OCO2. The van der Waals surface area contributed by atoms with Gasteiger partial charge < -0.3 is 24.2 Å². The Bertz CT molecular complexity index is 886. The number of benzene rings is 1. The summed E-state index contributed by atoms with van der Waals surface area (Å²) in [5.74, 6) is 3.22. The van der Waals surface area contributed by atoms with Gasteiger partial charge in [0, 0.05) is 43.7 Å². The molecule has 2 fully saturated rings. The number of anilines is 1. The summed E-state index contributed by atoms with van der Waals surface area (Å²) in [6.07, 6.45) is 7.80. The Morgan fingerprint density at radius 3 is 2.73 bits per heavy atom. The minimum Gasteiger partial charge on any atom is -0.496 e. The van der Waals surface area contributed by atoms with Crippen molar-refractivity contribution >= 4 is 5.82 Å². The maximum atomic E-state index is 10.6. The number of piperidine rings is 2. The third kappa shape index (κ3) is 3.77. The van der Waals surface area contributed by atoms with E-state index in [0.717, 1.165) is 74.1 Å². The molecule has 1 atom stereocenters. The number of aliphatic hydroxyl groups excluding tert-OH is 1. The van der Waals surface area contributed by atoms with Crippen LogP contribution in [-0.2, 0) is 6.54 Å². The second-order valence-corrected chi connectivity index (χ2v) is 8.60. The Labute approximate surface area is 176 Å². The highest BCUT2D eigenvalue weighted by molar-refractivity contribution is 5.51. The van der Waals surface area contributed by atoms with Crippen LogP contribution in [0.25, 0.3) is 0 Å². The third-order valence-electron chi connectivity index (χ3n) is 6.59. The first-order valence-corrected chi connectivity index (χ1v) is 10.5. The fourth-order valence-electron chi connectivity index (χ4n) is 5.05. The van der Waals surface area contributed by atoms with E-state index in [4.69, 9.17) is 14.2 Å². The second-order valence-electron chi connectivity index (χ2n) is 8.60. The molecule has 160 valence electrons. The van der Waals surface area contributed by atoms with E-state index in [-0.39, 0.29) is 18.3 Å². The van der Waals surface area contributed by atoms with Crippen molar-refractivity contribution < 1.29 is 19.3 Å². The fourth-order valence-corrected chi connectivity index (χ4v) is 5.05. The van der Waals surface area contributed by atoms with E-state index >= 15 is 0 Å². The van der Waals surface area contributed by atoms with Crippen LogP contribution in [0.2, 0.25) is 0 Å². The van der Waals surface area contributed by atoms with Crippen LogP contribution < -0.4 is 19.1 Å². The van der Waals surface area contributed by atoms with Crippen molar-refractivity contribution in [2.75, 3.05) is 45.0 Å². The maximum Gasteiger partial charge on any atom is 0.231 e. The summed E-state index contributed by atoms with van der Waals surface area (Å²) in [7, 11) is 1.69. The molecule has 1 spiro atoms. The number of hydrogen-bond donors (Lipinski definition) is 1. The molecule has 0 bridgehead atoms. The lowest BCUT2D eigenvalue weighted by Gasteiger charge is -2.49. The van der Waals surface area contributed by atoms with Crippen LogP contribution in [0.3, 0.4) is 0 Å². The average Bonchev–Trinajstić information content (AvgIpc) is 3.22. The molecule has 3 aliphatic heterocycles. The van der Waals surface area contributed by atoms with Gasteiger partial charge in [-0.05, 0) is 43.8 Å². The Balaban J connectivity index is 1.26. The number of aliphatic hydroxyl groups is 1. The highest BCUT2D eigenvalue weighted by atomic mass is 16.7. The molecule has 8 heteroatoms. The summed E-state index contributed by atoms with van der Waals surface area (Å²) in [4.78, 5) is 13.3. The predicted molar refractivity (Wildman–Crippen MR) is 111 cm³/mol. The maximum absolute atomic E-state index is 10.6. The highest BCUT2D eigenvalue weighted by Crippen LogP contribution is 2.42. The van der Waals surface area contributed by atoms with Crippen LogP contribution >= 0.6 is 0 Å². The molecule has 30 heavy (non-hydrogen) atoms. The topological polar surface area (TPSA) is 80.2 Å². The molecule has 1 unspecified atom stereocenters. The molecular weight excluding hydrogens is 384 g/mol. The van der Waals surface area contributed by atoms with Crippen molar-refractivity contribution in [3.05, 3.63) is 36.3 Å². The van der Waals surface area contributed by atoms with Gasteiger partial charge in [-0.2, -0.15) is 0 Å². The van der Waals surface area contributed by atoms with Gasteiger partial charge in [-0.15, -0.1) is 0 Å². The van der Waals surface area contributed by atoms with Crippen molar-refractivity contribution in [1.82, 2.24) is 14.9 Å². The summed E-state index contributed by atoms with van der Waals surface area (Å²) in [6.45, 7) is 4.59. The predicted octanol–water partition coefficient (Wildman–Crippen LogP) is 2.07. The zero-order valence-electron chi connectivity index (χ0n) is 17.3. The number of likely N-dealkylation sites (tertiary alicyclic amines) is 1. The quantitative estimate of drug-likeness (QED) is 0.818. The molecule has 1 aromatic carbocycles. The Morgan fingerprint density at radius 2 is 2.00 bits per heavy atom. The van der Waals surface area contributed by atoms with E-state index in [1.165, 1.54) is 0 Å². The molecule has 2 aromatic rings. The lowest BCUT2D eigenvalue weighted by atomic mass is 9.71. The van der Waals surface area contributed by atoms with E-state index in [1.807, 2.05) is 12.1 Å². The van der Waals surface area contributed by atoms with Crippen molar-refractivity contribution in [2.24, 2.45) is 5.41 Å². The lowest BCUT2D eigenvalue weighted by molar-refractivity contribution is 0.0242. The van der Waals surface area contributed by atoms with Crippen LogP contribution in [0.15, 0.2) is 30.7 Å². The first kappa shape index (κ1) is 19.4. The lowest BCUT2D eigenvalue weighted by Crippen LogP contribution is -2.54. The minimum absolute atomic E-state index is 0.116. The number of hydrogen-bond acceptors (Lipinski definition) is 8. The highest BCUT2D eigenvalue weighted by Gasteiger charge is 2.42. The first-order chi connectivity index (χ1) is 14.6. The average molecular weight is 412 g/mol. The summed E-state index contributed by atoms with van der Waals surface area (Å²) in [5.41, 5.74) is 1.23. The van der Waals surface area contributed by atoms with Crippen LogP contribution in [0.5, 0.6) is 17.2 Å². The largest absolute Gasteiger partial charge is 0.496 e. The van der Waals surface area contributed by atoms with Crippen LogP contribution in [-0.4, -0.2) is 66.2 Å². The van der Waals surface area contributed by atoms with E-state index in [2.05, 4.69) is 19.8 Å². The number of nitrogens with zero attached hydrogens (tertiary/aromatic N) is 4. The van der Waals surface area contributed by atoms with Gasteiger partial charge in [0.1, 0.15) is 11.6 Å². The van der Waals surface area contributed by atoms with Crippen molar-refractivity contribution in [3.63, 3.8) is 0 Å². The Morgan fingerprint density at radius 1 is 1.20 bits per heavy atom. The van der Waals surface area contributed by atoms with Crippen molar-refractivity contribution in [3.8, 4) is 17.2 Å². The summed E-state index contributed by atoms with van der Waals surface area (Å²) >= 11 is 0. The summed E-state index contributed by atoms with van der Waals surface area (Å²) < 4.78 is 16.6. The number of fused-ring (bicyclic) bond motifs is 1. The van der Waals surface area contributed by atoms with Gasteiger partial charge in [0.15, 0.2) is 11.5 Å². The summed E-state index contributed by atoms with van der Waals surface area (Å²) in [6, 6.07) is 3.95. The van der Waals surface area contributed by atoms with E-state index in [9.17, 15) is 5.11 Å². The molecule has 2 saturated heterocycles. The molecule has 0 amide bonds. The molecular formula is C22H28N4O4. The number of rotatable bonds is 4. The Hall–Kier alpha value is -2.58. The van der Waals surface area contributed by atoms with Crippen LogP contribution in [0, 0.1) is 5.41 Å². The monoisotopic (exact) mass is 412 g/mol. The second kappa shape index (κ2) is 7.92. The molecule has 4 heterocycles. The van der Waals surface area contributed by atoms with E-state index in [0.29, 0.717) is 6.54 Å². The van der Waals surface area contributed by atoms with E-state index in [1.54, 1.807) is 25.7 Å². The van der Waals surface area contributed by atoms with Crippen molar-refractivity contribution in [2.45, 2.75) is 31.9 Å². The van der Waals surface area contributed by atoms with Gasteiger partial charge in [0.05, 0.1) is 19.4 Å². The van der Waals surface area contributed by atoms with Gasteiger partial charge in [-0.3, -0.25) is 9.88 Å². The molecule has 5 rings (SSSR count). The van der Waals surface area contributed by atoms with Gasteiger partial charge in [0.25, 0.3) is 0 Å². The normalized spacial score (nSPS) is 23.0. The number of ether oxygens (including phenoxy) is 3. The van der Waals surface area contributed by atoms with Crippen LogP contribution in [0.4, 0.5) is 5.82 Å². The summed E-state index contributed by atoms with van der Waals surface area (Å²) in [5, 5.41) is 10.6. The number of β-amino-alcohol motifs (C(OH)–C–C–N with tert-alkyl or cyclic N) is 1. The fraction of sp³-hybridized carbons (Fsp3) is 0.545. The van der Waals surface area contributed by atoms with Crippen molar-refractivity contribution in [1.29, 1.82) is 0 Å².